The topological polar surface area (TPSA) is 36.7 Å². The Hall–Kier alpha value is -2.07. The van der Waals surface area contributed by atoms with Gasteiger partial charge in [0.2, 0.25) is 5.91 Å². The largest absolute Gasteiger partial charge is 0.471 e. The van der Waals surface area contributed by atoms with Crippen LogP contribution in [0.15, 0.2) is 46.8 Å². The Labute approximate surface area is 173 Å². The number of nitrogens with zero attached hydrogens (tertiary/aromatic N) is 2. The molecular weight excluding hydrogens is 360 g/mol. The molecule has 6 rings (SSSR count). The van der Waals surface area contributed by atoms with E-state index in [2.05, 4.69) is 24.8 Å². The third kappa shape index (κ3) is 3.13. The number of hydrogen-bond acceptors (Lipinski definition) is 3. The Morgan fingerprint density at radius 2 is 2.03 bits per heavy atom. The van der Waals surface area contributed by atoms with Gasteiger partial charge in [0.25, 0.3) is 0 Å². The van der Waals surface area contributed by atoms with Gasteiger partial charge in [0.05, 0.1) is 12.0 Å². The average Bonchev–Trinajstić information content (AvgIpc) is 3.19. The van der Waals surface area contributed by atoms with E-state index in [1.165, 1.54) is 12.8 Å². The molecule has 0 spiro atoms. The first kappa shape index (κ1) is 18.9. The van der Waals surface area contributed by atoms with Gasteiger partial charge in [-0.25, -0.2) is 0 Å². The molecule has 29 heavy (non-hydrogen) atoms. The smallest absolute Gasteiger partial charge is 0.224 e. The lowest BCUT2D eigenvalue weighted by Crippen LogP contribution is -2.51. The Balaban J connectivity index is 1.27. The predicted octanol–water partition coefficient (Wildman–Crippen LogP) is 5.24. The van der Waals surface area contributed by atoms with Crippen molar-refractivity contribution in [3.63, 3.8) is 0 Å². The Morgan fingerprint density at radius 3 is 2.72 bits per heavy atom. The second-order valence-electron chi connectivity index (χ2n) is 9.87. The van der Waals surface area contributed by atoms with Crippen LogP contribution in [0, 0.1) is 17.3 Å². The van der Waals surface area contributed by atoms with Crippen LogP contribution in [0.2, 0.25) is 0 Å². The standard InChI is InChI=1S/C25H32N2O2/c1-17(28)27(24-6-4-5-19-15-29-16-22(19)24)21-9-11-26(12-10-21)14-18-7-8-20-13-23(18)25(20,2)3/h4-7,15-16,20-21,23H,8-14H2,1-3H3. The molecule has 2 bridgehead atoms. The SMILES string of the molecule is CC(=O)N(c1cccc2cocc12)C1CCN(CC2=CCC3CC2C3(C)C)CC1. The minimum Gasteiger partial charge on any atom is -0.471 e. The van der Waals surface area contributed by atoms with Crippen molar-refractivity contribution in [2.75, 3.05) is 24.5 Å². The van der Waals surface area contributed by atoms with Crippen molar-refractivity contribution in [3.05, 3.63) is 42.4 Å². The monoisotopic (exact) mass is 392 g/mol. The fourth-order valence-electron chi connectivity index (χ4n) is 6.06. The highest BCUT2D eigenvalue weighted by atomic mass is 16.3. The van der Waals surface area contributed by atoms with Crippen LogP contribution in [-0.2, 0) is 4.79 Å². The molecule has 3 aliphatic carbocycles. The molecule has 2 unspecified atom stereocenters. The van der Waals surface area contributed by atoms with Gasteiger partial charge in [0, 0.05) is 43.4 Å². The molecule has 2 atom stereocenters. The summed E-state index contributed by atoms with van der Waals surface area (Å²) in [5, 5.41) is 2.08. The van der Waals surface area contributed by atoms with Gasteiger partial charge in [-0.05, 0) is 49.0 Å². The van der Waals surface area contributed by atoms with Gasteiger partial charge >= 0.3 is 0 Å². The first-order valence-electron chi connectivity index (χ1n) is 11.1. The van der Waals surface area contributed by atoms with Crippen molar-refractivity contribution in [2.24, 2.45) is 17.3 Å². The average molecular weight is 393 g/mol. The summed E-state index contributed by atoms with van der Waals surface area (Å²) in [4.78, 5) is 17.2. The van der Waals surface area contributed by atoms with Gasteiger partial charge in [-0.3, -0.25) is 9.69 Å². The summed E-state index contributed by atoms with van der Waals surface area (Å²) in [5.74, 6) is 1.80. The van der Waals surface area contributed by atoms with Crippen LogP contribution in [-0.4, -0.2) is 36.5 Å². The number of likely N-dealkylation sites (tertiary alicyclic amines) is 1. The zero-order valence-electron chi connectivity index (χ0n) is 17.9. The van der Waals surface area contributed by atoms with Crippen molar-refractivity contribution < 1.29 is 9.21 Å². The molecule has 1 aliphatic heterocycles. The van der Waals surface area contributed by atoms with Crippen molar-refractivity contribution in [3.8, 4) is 0 Å². The van der Waals surface area contributed by atoms with Crippen LogP contribution >= 0.6 is 0 Å². The molecule has 154 valence electrons. The minimum atomic E-state index is 0.120. The van der Waals surface area contributed by atoms with Crippen molar-refractivity contribution >= 4 is 22.4 Å². The van der Waals surface area contributed by atoms with Gasteiger partial charge in [-0.2, -0.15) is 0 Å². The van der Waals surface area contributed by atoms with Crippen LogP contribution < -0.4 is 4.90 Å². The van der Waals surface area contributed by atoms with E-state index in [0.29, 0.717) is 5.41 Å². The summed E-state index contributed by atoms with van der Waals surface area (Å²) in [6.45, 7) is 9.82. The van der Waals surface area contributed by atoms with Crippen LogP contribution in [0.25, 0.3) is 10.8 Å². The fourth-order valence-corrected chi connectivity index (χ4v) is 6.06. The second kappa shape index (κ2) is 7.02. The number of fused-ring (bicyclic) bond motifs is 2. The second-order valence-corrected chi connectivity index (χ2v) is 9.87. The first-order chi connectivity index (χ1) is 13.9. The molecule has 2 fully saturated rings. The number of carbonyl (C=O) groups excluding carboxylic acids is 1. The number of anilines is 1. The van der Waals surface area contributed by atoms with Gasteiger partial charge in [0.1, 0.15) is 6.26 Å². The first-order valence-corrected chi connectivity index (χ1v) is 11.1. The molecule has 0 radical (unpaired) electrons. The summed E-state index contributed by atoms with van der Waals surface area (Å²) >= 11 is 0. The molecule has 4 heteroatoms. The van der Waals surface area contributed by atoms with Gasteiger partial charge in [0.15, 0.2) is 0 Å². The van der Waals surface area contributed by atoms with Gasteiger partial charge < -0.3 is 9.32 Å². The number of allylic oxidation sites excluding steroid dienone is 1. The van der Waals surface area contributed by atoms with Crippen LogP contribution in [0.3, 0.4) is 0 Å². The molecule has 2 heterocycles. The fraction of sp³-hybridized carbons (Fsp3) is 0.560. The maximum Gasteiger partial charge on any atom is 0.224 e. The summed E-state index contributed by atoms with van der Waals surface area (Å²) in [6, 6.07) is 6.36. The minimum absolute atomic E-state index is 0.120. The van der Waals surface area contributed by atoms with E-state index in [0.717, 1.165) is 60.8 Å². The van der Waals surface area contributed by atoms with Gasteiger partial charge in [-0.1, -0.05) is 37.6 Å². The maximum absolute atomic E-state index is 12.6. The van der Waals surface area contributed by atoms with Crippen LogP contribution in [0.1, 0.15) is 46.5 Å². The Bertz CT molecular complexity index is 949. The lowest BCUT2D eigenvalue weighted by molar-refractivity contribution is -0.117. The van der Waals surface area contributed by atoms with E-state index in [1.54, 1.807) is 25.0 Å². The van der Waals surface area contributed by atoms with Crippen molar-refractivity contribution in [2.45, 2.75) is 52.5 Å². The van der Waals surface area contributed by atoms with Crippen molar-refractivity contribution in [1.29, 1.82) is 0 Å². The maximum atomic E-state index is 12.6. The van der Waals surface area contributed by atoms with E-state index in [4.69, 9.17) is 4.42 Å². The lowest BCUT2D eigenvalue weighted by Gasteiger charge is -2.57. The normalized spacial score (nSPS) is 26.8. The molecular formula is C25H32N2O2. The predicted molar refractivity (Wildman–Crippen MR) is 117 cm³/mol. The zero-order valence-corrected chi connectivity index (χ0v) is 17.9. The molecule has 2 aromatic rings. The molecule has 4 aliphatic rings. The number of furan rings is 1. The number of carbonyl (C=O) groups is 1. The van der Waals surface area contributed by atoms with Crippen LogP contribution in [0.5, 0.6) is 0 Å². The highest BCUT2D eigenvalue weighted by Crippen LogP contribution is 2.59. The summed E-state index contributed by atoms with van der Waals surface area (Å²) < 4.78 is 5.40. The number of rotatable bonds is 4. The number of hydrogen-bond donors (Lipinski definition) is 0. The quantitative estimate of drug-likeness (QED) is 0.668. The number of amides is 1. The van der Waals surface area contributed by atoms with E-state index in [1.807, 2.05) is 23.1 Å². The molecule has 1 aromatic carbocycles. The molecule has 0 N–H and O–H groups in total. The van der Waals surface area contributed by atoms with Crippen LogP contribution in [0.4, 0.5) is 5.69 Å². The number of benzene rings is 1. The summed E-state index contributed by atoms with van der Waals surface area (Å²) in [7, 11) is 0. The Kier molecular flexibility index (Phi) is 4.58. The number of piperidine rings is 1. The lowest BCUT2D eigenvalue weighted by atomic mass is 9.49. The highest BCUT2D eigenvalue weighted by molar-refractivity contribution is 6.02. The van der Waals surface area contributed by atoms with Crippen molar-refractivity contribution in [1.82, 2.24) is 4.90 Å². The third-order valence-corrected chi connectivity index (χ3v) is 8.01. The zero-order chi connectivity index (χ0) is 20.2. The third-order valence-electron chi connectivity index (χ3n) is 8.01. The molecule has 1 saturated carbocycles. The van der Waals surface area contributed by atoms with E-state index in [-0.39, 0.29) is 11.9 Å². The molecule has 1 aromatic heterocycles. The Morgan fingerprint density at radius 1 is 1.24 bits per heavy atom. The molecule has 1 saturated heterocycles. The summed E-state index contributed by atoms with van der Waals surface area (Å²) in [6.07, 6.45) is 10.8. The molecule has 4 nitrogen and oxygen atoms in total. The van der Waals surface area contributed by atoms with E-state index >= 15 is 0 Å². The molecule has 1 amide bonds. The van der Waals surface area contributed by atoms with E-state index < -0.39 is 0 Å². The van der Waals surface area contributed by atoms with E-state index in [9.17, 15) is 4.79 Å². The highest BCUT2D eigenvalue weighted by Gasteiger charge is 2.51. The summed E-state index contributed by atoms with van der Waals surface area (Å²) in [5.41, 5.74) is 3.15. The van der Waals surface area contributed by atoms with Gasteiger partial charge in [-0.15, -0.1) is 0 Å².